The number of carbonyl (C=O) groups is 3. The Labute approximate surface area is 133 Å². The summed E-state index contributed by atoms with van der Waals surface area (Å²) in [5, 5.41) is 12.0. The number of benzene rings is 1. The monoisotopic (exact) mass is 324 g/mol. The first-order chi connectivity index (χ1) is 10.4. The van der Waals surface area contributed by atoms with Gasteiger partial charge in [0.1, 0.15) is 0 Å². The summed E-state index contributed by atoms with van der Waals surface area (Å²) >= 11 is 6.03. The highest BCUT2D eigenvalue weighted by atomic mass is 35.5. The Balaban J connectivity index is 2.24. The van der Waals surface area contributed by atoms with E-state index in [0.29, 0.717) is 17.3 Å². The van der Waals surface area contributed by atoms with Crippen molar-refractivity contribution in [1.82, 2.24) is 5.32 Å². The van der Waals surface area contributed by atoms with E-state index in [1.165, 1.54) is 11.0 Å². The number of aliphatic carboxylic acids is 1. The third-order valence-electron chi connectivity index (χ3n) is 3.52. The van der Waals surface area contributed by atoms with Crippen LogP contribution in [0.25, 0.3) is 0 Å². The van der Waals surface area contributed by atoms with Crippen LogP contribution in [-0.2, 0) is 9.59 Å². The summed E-state index contributed by atoms with van der Waals surface area (Å²) in [5.74, 6) is -2.30. The van der Waals surface area contributed by atoms with Crippen molar-refractivity contribution in [2.45, 2.75) is 19.8 Å². The number of carboxylic acid groups (broad SMARTS) is 1. The molecule has 1 aromatic rings. The van der Waals surface area contributed by atoms with Crippen LogP contribution >= 0.6 is 11.6 Å². The number of nitrogens with zero attached hydrogens (tertiary/aromatic N) is 1. The lowest BCUT2D eigenvalue weighted by atomic mass is 10.1. The maximum atomic E-state index is 12.1. The zero-order valence-electron chi connectivity index (χ0n) is 12.1. The van der Waals surface area contributed by atoms with Gasteiger partial charge in [-0.05, 0) is 24.6 Å². The molecule has 1 heterocycles. The van der Waals surface area contributed by atoms with Crippen molar-refractivity contribution >= 4 is 35.1 Å². The summed E-state index contributed by atoms with van der Waals surface area (Å²) in [4.78, 5) is 36.4. The second-order valence-corrected chi connectivity index (χ2v) is 5.57. The third-order valence-corrected chi connectivity index (χ3v) is 3.85. The van der Waals surface area contributed by atoms with Gasteiger partial charge in [0, 0.05) is 25.2 Å². The van der Waals surface area contributed by atoms with Gasteiger partial charge >= 0.3 is 5.97 Å². The van der Waals surface area contributed by atoms with Crippen LogP contribution in [0.15, 0.2) is 18.2 Å². The van der Waals surface area contributed by atoms with Crippen molar-refractivity contribution in [2.24, 2.45) is 5.92 Å². The highest BCUT2D eigenvalue weighted by Gasteiger charge is 2.35. The molecule has 1 saturated heterocycles. The van der Waals surface area contributed by atoms with Gasteiger partial charge in [0.05, 0.1) is 16.5 Å². The van der Waals surface area contributed by atoms with Gasteiger partial charge in [0.15, 0.2) is 0 Å². The summed E-state index contributed by atoms with van der Waals surface area (Å²) in [7, 11) is 0. The van der Waals surface area contributed by atoms with E-state index in [1.807, 2.05) is 6.92 Å². The van der Waals surface area contributed by atoms with E-state index in [1.54, 1.807) is 12.1 Å². The lowest BCUT2D eigenvalue weighted by Gasteiger charge is -2.17. The minimum Gasteiger partial charge on any atom is -0.481 e. The quantitative estimate of drug-likeness (QED) is 0.866. The van der Waals surface area contributed by atoms with Crippen molar-refractivity contribution in [1.29, 1.82) is 0 Å². The Morgan fingerprint density at radius 1 is 1.45 bits per heavy atom. The van der Waals surface area contributed by atoms with Crippen LogP contribution in [0.1, 0.15) is 30.1 Å². The molecule has 1 aromatic carbocycles. The second kappa shape index (κ2) is 6.79. The van der Waals surface area contributed by atoms with Crippen LogP contribution in [-0.4, -0.2) is 36.0 Å². The molecule has 2 N–H and O–H groups in total. The van der Waals surface area contributed by atoms with Crippen LogP contribution < -0.4 is 10.2 Å². The van der Waals surface area contributed by atoms with Crippen LogP contribution in [0.4, 0.5) is 5.69 Å². The van der Waals surface area contributed by atoms with E-state index in [0.717, 1.165) is 6.42 Å². The zero-order valence-corrected chi connectivity index (χ0v) is 12.9. The molecule has 0 aliphatic carbocycles. The highest BCUT2D eigenvalue weighted by molar-refractivity contribution is 6.34. The Bertz CT molecular complexity index is 618. The number of amides is 2. The number of rotatable bonds is 5. The molecule has 0 radical (unpaired) electrons. The molecule has 0 aromatic heterocycles. The van der Waals surface area contributed by atoms with Gasteiger partial charge in [-0.2, -0.15) is 0 Å². The topological polar surface area (TPSA) is 86.7 Å². The molecule has 22 heavy (non-hydrogen) atoms. The van der Waals surface area contributed by atoms with E-state index in [4.69, 9.17) is 16.7 Å². The Morgan fingerprint density at radius 3 is 2.77 bits per heavy atom. The first-order valence-corrected chi connectivity index (χ1v) is 7.42. The van der Waals surface area contributed by atoms with Gasteiger partial charge in [-0.3, -0.25) is 14.4 Å². The van der Waals surface area contributed by atoms with E-state index < -0.39 is 11.9 Å². The van der Waals surface area contributed by atoms with E-state index in [-0.39, 0.29) is 30.3 Å². The van der Waals surface area contributed by atoms with Crippen molar-refractivity contribution in [3.8, 4) is 0 Å². The Morgan fingerprint density at radius 2 is 2.18 bits per heavy atom. The van der Waals surface area contributed by atoms with Crippen LogP contribution in [0.2, 0.25) is 5.02 Å². The lowest BCUT2D eigenvalue weighted by molar-refractivity contribution is -0.141. The molecule has 6 nitrogen and oxygen atoms in total. The van der Waals surface area contributed by atoms with Crippen molar-refractivity contribution < 1.29 is 19.5 Å². The van der Waals surface area contributed by atoms with Gasteiger partial charge in [-0.25, -0.2) is 0 Å². The standard InChI is InChI=1S/C15H17ClN2O4/c1-2-5-17-14(20)11-7-10(3-4-12(11)16)18-8-9(15(21)22)6-13(18)19/h3-4,7,9H,2,5-6,8H2,1H3,(H,17,20)(H,21,22). The molecule has 0 saturated carbocycles. The minimum atomic E-state index is -0.995. The van der Waals surface area contributed by atoms with Gasteiger partial charge in [-0.1, -0.05) is 18.5 Å². The normalized spacial score (nSPS) is 17.6. The summed E-state index contributed by atoms with van der Waals surface area (Å²) in [5.41, 5.74) is 0.763. The first-order valence-electron chi connectivity index (χ1n) is 7.05. The minimum absolute atomic E-state index is 0.0324. The molecule has 2 amide bonds. The molecule has 0 spiro atoms. The number of carbonyl (C=O) groups excluding carboxylic acids is 2. The fraction of sp³-hybridized carbons (Fsp3) is 0.400. The van der Waals surface area contributed by atoms with Gasteiger partial charge < -0.3 is 15.3 Å². The molecule has 2 rings (SSSR count). The molecule has 7 heteroatoms. The summed E-state index contributed by atoms with van der Waals surface area (Å²) in [6, 6.07) is 4.68. The zero-order chi connectivity index (χ0) is 16.3. The Kier molecular flexibility index (Phi) is 5.03. The van der Waals surface area contributed by atoms with Gasteiger partial charge in [-0.15, -0.1) is 0 Å². The lowest BCUT2D eigenvalue weighted by Crippen LogP contribution is -2.27. The van der Waals surface area contributed by atoms with Gasteiger partial charge in [0.2, 0.25) is 5.91 Å². The number of nitrogens with one attached hydrogen (secondary N) is 1. The molecule has 0 bridgehead atoms. The molecule has 1 unspecified atom stereocenters. The first kappa shape index (κ1) is 16.3. The van der Waals surface area contributed by atoms with Crippen LogP contribution in [0.5, 0.6) is 0 Å². The average Bonchev–Trinajstić information content (AvgIpc) is 2.87. The third kappa shape index (κ3) is 3.39. The predicted molar refractivity (Wildman–Crippen MR) is 82.2 cm³/mol. The molecule has 118 valence electrons. The van der Waals surface area contributed by atoms with E-state index in [9.17, 15) is 14.4 Å². The van der Waals surface area contributed by atoms with Crippen LogP contribution in [0.3, 0.4) is 0 Å². The molecular formula is C15H17ClN2O4. The number of anilines is 1. The smallest absolute Gasteiger partial charge is 0.308 e. The number of carboxylic acids is 1. The summed E-state index contributed by atoms with van der Waals surface area (Å²) < 4.78 is 0. The summed E-state index contributed by atoms with van der Waals surface area (Å²) in [6.45, 7) is 2.57. The molecule has 1 fully saturated rings. The fourth-order valence-corrected chi connectivity index (χ4v) is 2.51. The Hall–Kier alpha value is -2.08. The predicted octanol–water partition coefficient (Wildman–Crippen LogP) is 1.92. The van der Waals surface area contributed by atoms with Crippen molar-refractivity contribution in [3.63, 3.8) is 0 Å². The molecule has 1 atom stereocenters. The van der Waals surface area contributed by atoms with Gasteiger partial charge in [0.25, 0.3) is 5.91 Å². The van der Waals surface area contributed by atoms with E-state index >= 15 is 0 Å². The summed E-state index contributed by atoms with van der Waals surface area (Å²) in [6.07, 6.45) is 0.767. The fourth-order valence-electron chi connectivity index (χ4n) is 2.31. The SMILES string of the molecule is CCCNC(=O)c1cc(N2CC(C(=O)O)CC2=O)ccc1Cl. The molecular weight excluding hydrogens is 308 g/mol. The maximum Gasteiger partial charge on any atom is 0.308 e. The largest absolute Gasteiger partial charge is 0.481 e. The molecule has 1 aliphatic rings. The van der Waals surface area contributed by atoms with E-state index in [2.05, 4.69) is 5.32 Å². The highest BCUT2D eigenvalue weighted by Crippen LogP contribution is 2.28. The number of halogens is 1. The number of hydrogen-bond donors (Lipinski definition) is 2. The molecule has 1 aliphatic heterocycles. The average molecular weight is 325 g/mol. The second-order valence-electron chi connectivity index (χ2n) is 5.16. The van der Waals surface area contributed by atoms with Crippen molar-refractivity contribution in [2.75, 3.05) is 18.0 Å². The van der Waals surface area contributed by atoms with Crippen LogP contribution in [0, 0.1) is 5.92 Å². The maximum absolute atomic E-state index is 12.1. The number of hydrogen-bond acceptors (Lipinski definition) is 3. The van der Waals surface area contributed by atoms with Crippen molar-refractivity contribution in [3.05, 3.63) is 28.8 Å².